The molecule has 2 aromatic heterocycles. The predicted molar refractivity (Wildman–Crippen MR) is 107 cm³/mol. The fourth-order valence-electron chi connectivity index (χ4n) is 3.09. The smallest absolute Gasteiger partial charge is 0.344 e. The minimum absolute atomic E-state index is 0.0102. The van der Waals surface area contributed by atoms with E-state index in [1.807, 2.05) is 30.5 Å². The van der Waals surface area contributed by atoms with Gasteiger partial charge >= 0.3 is 11.0 Å². The number of rotatable bonds is 5. The lowest BCUT2D eigenvalue weighted by molar-refractivity contribution is -0.476. The number of aromatic nitrogens is 1. The molecule has 2 N–H and O–H groups in total. The first-order chi connectivity index (χ1) is 13.0. The van der Waals surface area contributed by atoms with Gasteiger partial charge in [0, 0.05) is 32.6 Å². The highest BCUT2D eigenvalue weighted by molar-refractivity contribution is 7.14. The van der Waals surface area contributed by atoms with Crippen LogP contribution in [0.15, 0.2) is 60.1 Å². The van der Waals surface area contributed by atoms with E-state index in [4.69, 9.17) is 11.6 Å². The van der Waals surface area contributed by atoms with Crippen LogP contribution in [0.5, 0.6) is 0 Å². The summed E-state index contributed by atoms with van der Waals surface area (Å²) in [5, 5.41) is 13.2. The molecule has 4 aromatic rings. The molecule has 7 heteroatoms. The highest BCUT2D eigenvalue weighted by Gasteiger charge is 2.30. The SMILES string of the molecule is O=C(O)c1c(-c2ccc(Cl)cc2)csc1[N+](=O)Cc1cccc2cc[nH]c12. The van der Waals surface area contributed by atoms with E-state index in [-0.39, 0.29) is 17.1 Å². The number of benzene rings is 2. The average molecular weight is 398 g/mol. The number of nitrogens with one attached hydrogen (secondary N) is 1. The van der Waals surface area contributed by atoms with Gasteiger partial charge in [-0.2, -0.15) is 0 Å². The molecule has 0 radical (unpaired) electrons. The van der Waals surface area contributed by atoms with Crippen molar-refractivity contribution in [2.45, 2.75) is 6.54 Å². The molecule has 2 aromatic carbocycles. The third-order valence-corrected chi connectivity index (χ3v) is 5.59. The normalized spacial score (nSPS) is 11.0. The highest BCUT2D eigenvalue weighted by Crippen LogP contribution is 2.38. The summed E-state index contributed by atoms with van der Waals surface area (Å²) in [5.74, 6) is -1.13. The van der Waals surface area contributed by atoms with Crippen LogP contribution in [0.3, 0.4) is 0 Å². The number of nitrogens with zero attached hydrogens (tertiary/aromatic N) is 1. The molecule has 0 spiro atoms. The number of aromatic amines is 1. The molecule has 27 heavy (non-hydrogen) atoms. The lowest BCUT2D eigenvalue weighted by Gasteiger charge is -2.01. The summed E-state index contributed by atoms with van der Waals surface area (Å²) in [6.45, 7) is 0.0543. The summed E-state index contributed by atoms with van der Waals surface area (Å²) in [6.07, 6.45) is 1.82. The molecule has 0 saturated heterocycles. The van der Waals surface area contributed by atoms with Gasteiger partial charge in [-0.25, -0.2) is 4.79 Å². The van der Waals surface area contributed by atoms with E-state index in [1.54, 1.807) is 29.6 Å². The van der Waals surface area contributed by atoms with Gasteiger partial charge in [0.15, 0.2) is 5.56 Å². The molecule has 0 saturated carbocycles. The van der Waals surface area contributed by atoms with Crippen LogP contribution in [-0.2, 0) is 6.54 Å². The van der Waals surface area contributed by atoms with Crippen molar-refractivity contribution in [2.75, 3.05) is 0 Å². The molecule has 0 bridgehead atoms. The second-order valence-corrected chi connectivity index (χ2v) is 7.33. The number of nitroso groups, excluding NO2 is 1. The van der Waals surface area contributed by atoms with Crippen molar-refractivity contribution in [1.82, 2.24) is 4.98 Å². The zero-order valence-corrected chi connectivity index (χ0v) is 15.6. The molecule has 0 fully saturated rings. The number of fused-ring (bicyclic) bond motifs is 1. The van der Waals surface area contributed by atoms with E-state index in [0.717, 1.165) is 32.6 Å². The largest absolute Gasteiger partial charge is 0.477 e. The van der Waals surface area contributed by atoms with Gasteiger partial charge in [-0.05, 0) is 29.1 Å². The van der Waals surface area contributed by atoms with Crippen molar-refractivity contribution in [3.63, 3.8) is 0 Å². The van der Waals surface area contributed by atoms with Gasteiger partial charge in [0.05, 0.1) is 10.3 Å². The molecule has 0 amide bonds. The van der Waals surface area contributed by atoms with E-state index in [2.05, 4.69) is 4.98 Å². The van der Waals surface area contributed by atoms with Crippen molar-refractivity contribution in [3.8, 4) is 11.1 Å². The summed E-state index contributed by atoms with van der Waals surface area (Å²) in [5.41, 5.74) is 2.92. The van der Waals surface area contributed by atoms with Crippen molar-refractivity contribution < 1.29 is 14.7 Å². The number of carboxylic acids is 1. The maximum absolute atomic E-state index is 12.8. The predicted octanol–water partition coefficient (Wildman–Crippen LogP) is 5.86. The lowest BCUT2D eigenvalue weighted by atomic mass is 10.0. The van der Waals surface area contributed by atoms with Crippen LogP contribution < -0.4 is 0 Å². The Kier molecular flexibility index (Phi) is 4.51. The molecule has 0 aliphatic carbocycles. The number of hydrogen-bond acceptors (Lipinski definition) is 3. The maximum Gasteiger partial charge on any atom is 0.344 e. The summed E-state index contributed by atoms with van der Waals surface area (Å²) in [7, 11) is 0. The molecule has 2 heterocycles. The molecule has 0 atom stereocenters. The van der Waals surface area contributed by atoms with Gasteiger partial charge in [0.1, 0.15) is 0 Å². The van der Waals surface area contributed by atoms with Crippen LogP contribution in [0.1, 0.15) is 15.9 Å². The number of para-hydroxylation sites is 1. The van der Waals surface area contributed by atoms with E-state index >= 15 is 0 Å². The number of halogens is 1. The zero-order valence-electron chi connectivity index (χ0n) is 14.0. The summed E-state index contributed by atoms with van der Waals surface area (Å²) < 4.78 is 0.739. The van der Waals surface area contributed by atoms with E-state index in [0.29, 0.717) is 16.1 Å². The molecule has 134 valence electrons. The standard InChI is InChI=1S/C20H13ClN2O3S/c21-15-6-4-12(5-7-15)16-11-27-19(17(16)20(24)25)23(26)10-14-3-1-2-13-8-9-22-18(13)14/h1-9,11,22H,10H2/p+1. The summed E-state index contributed by atoms with van der Waals surface area (Å²) in [4.78, 5) is 27.8. The molecule has 4 rings (SSSR count). The van der Waals surface area contributed by atoms with Crippen LogP contribution in [0.2, 0.25) is 5.02 Å². The third-order valence-electron chi connectivity index (χ3n) is 4.35. The lowest BCUT2D eigenvalue weighted by Crippen LogP contribution is -2.06. The fraction of sp³-hybridized carbons (Fsp3) is 0.0500. The Labute approximate surface area is 163 Å². The highest BCUT2D eigenvalue weighted by atomic mass is 35.5. The zero-order chi connectivity index (χ0) is 19.0. The van der Waals surface area contributed by atoms with Crippen molar-refractivity contribution in [2.24, 2.45) is 0 Å². The van der Waals surface area contributed by atoms with Crippen LogP contribution >= 0.6 is 22.9 Å². The first kappa shape index (κ1) is 17.5. The first-order valence-corrected chi connectivity index (χ1v) is 9.40. The molecule has 0 unspecified atom stereocenters. The Bertz CT molecular complexity index is 1160. The number of hydrogen-bond donors (Lipinski definition) is 2. The Balaban J connectivity index is 1.73. The van der Waals surface area contributed by atoms with Crippen molar-refractivity contribution in [3.05, 3.63) is 81.2 Å². The number of aromatic carboxylic acids is 1. The number of thiophene rings is 1. The Hall–Kier alpha value is -2.96. The van der Waals surface area contributed by atoms with Gasteiger partial charge in [-0.3, -0.25) is 0 Å². The van der Waals surface area contributed by atoms with Gasteiger partial charge in [-0.1, -0.05) is 53.3 Å². The van der Waals surface area contributed by atoms with Crippen LogP contribution in [0, 0.1) is 4.91 Å². The molecule has 0 aliphatic heterocycles. The number of carboxylic acid groups (broad SMARTS) is 1. The molecular formula is C20H14ClN2O3S+. The minimum atomic E-state index is -1.13. The van der Waals surface area contributed by atoms with E-state index in [1.165, 1.54) is 0 Å². The summed E-state index contributed by atoms with van der Waals surface area (Å²) >= 11 is 7.04. The molecule has 5 nitrogen and oxygen atoms in total. The second kappa shape index (κ2) is 6.98. The van der Waals surface area contributed by atoms with Crippen molar-refractivity contribution in [1.29, 1.82) is 0 Å². The molecular weight excluding hydrogens is 384 g/mol. The van der Waals surface area contributed by atoms with Crippen molar-refractivity contribution >= 4 is 44.8 Å². The van der Waals surface area contributed by atoms with Gasteiger partial charge < -0.3 is 10.1 Å². The van der Waals surface area contributed by atoms with E-state index < -0.39 is 5.97 Å². The monoisotopic (exact) mass is 397 g/mol. The minimum Gasteiger partial charge on any atom is -0.477 e. The van der Waals surface area contributed by atoms with Crippen LogP contribution in [0.4, 0.5) is 5.00 Å². The third kappa shape index (κ3) is 3.25. The van der Waals surface area contributed by atoms with Gasteiger partial charge in [0.25, 0.3) is 0 Å². The quantitative estimate of drug-likeness (QED) is 0.414. The van der Waals surface area contributed by atoms with Gasteiger partial charge in [0.2, 0.25) is 6.54 Å². The fourth-order valence-corrected chi connectivity index (χ4v) is 4.19. The van der Waals surface area contributed by atoms with Crippen LogP contribution in [0.25, 0.3) is 22.0 Å². The van der Waals surface area contributed by atoms with Gasteiger partial charge in [-0.15, -0.1) is 0 Å². The number of H-pyrrole nitrogens is 1. The molecule has 0 aliphatic rings. The number of carbonyl (C=O) groups is 1. The van der Waals surface area contributed by atoms with E-state index in [9.17, 15) is 14.8 Å². The Morgan fingerprint density at radius 2 is 1.93 bits per heavy atom. The maximum atomic E-state index is 12.8. The van der Waals surface area contributed by atoms with Crippen LogP contribution in [-0.4, -0.2) is 20.8 Å². The topological polar surface area (TPSA) is 73.2 Å². The first-order valence-electron chi connectivity index (χ1n) is 8.15. The average Bonchev–Trinajstić information content (AvgIpc) is 3.30. The Morgan fingerprint density at radius 3 is 2.67 bits per heavy atom. The Morgan fingerprint density at radius 1 is 1.15 bits per heavy atom. The summed E-state index contributed by atoms with van der Waals surface area (Å²) in [6, 6.07) is 14.5. The second-order valence-electron chi connectivity index (χ2n) is 6.04.